The van der Waals surface area contributed by atoms with Gasteiger partial charge < -0.3 is 24.7 Å². The van der Waals surface area contributed by atoms with Gasteiger partial charge in [0.15, 0.2) is 5.96 Å². The zero-order chi connectivity index (χ0) is 19.6. The van der Waals surface area contributed by atoms with Crippen molar-refractivity contribution in [1.82, 2.24) is 20.5 Å². The Bertz CT molecular complexity index is 723. The predicted molar refractivity (Wildman–Crippen MR) is 111 cm³/mol. The zero-order valence-electron chi connectivity index (χ0n) is 16.9. The van der Waals surface area contributed by atoms with Crippen LogP contribution in [0, 0.1) is 0 Å². The Morgan fingerprint density at radius 2 is 2.07 bits per heavy atom. The second-order valence-electron chi connectivity index (χ2n) is 7.04. The number of nitrogens with zero attached hydrogens (tertiary/aromatic N) is 3. The van der Waals surface area contributed by atoms with E-state index in [4.69, 9.17) is 9.15 Å². The number of hydrogen-bond donors (Lipinski definition) is 2. The van der Waals surface area contributed by atoms with Gasteiger partial charge in [-0.25, -0.2) is 4.98 Å². The molecule has 28 heavy (non-hydrogen) atoms. The van der Waals surface area contributed by atoms with Crippen molar-refractivity contribution in [3.63, 3.8) is 0 Å². The molecule has 1 aromatic heterocycles. The summed E-state index contributed by atoms with van der Waals surface area (Å²) in [5.41, 5.74) is 1.84. The van der Waals surface area contributed by atoms with Crippen LogP contribution in [0.2, 0.25) is 0 Å². The Morgan fingerprint density at radius 3 is 2.79 bits per heavy atom. The Balaban J connectivity index is 1.41. The molecular formula is C21H31N5O2. The van der Waals surface area contributed by atoms with Crippen molar-refractivity contribution in [3.8, 4) is 11.5 Å². The van der Waals surface area contributed by atoms with Crippen molar-refractivity contribution in [2.75, 3.05) is 40.4 Å². The average Bonchev–Trinajstić information content (AvgIpc) is 3.22. The molecule has 1 aliphatic rings. The number of guanidine groups is 1. The summed E-state index contributed by atoms with van der Waals surface area (Å²) in [6.07, 6.45) is 5.03. The number of methoxy groups -OCH3 is 1. The quantitative estimate of drug-likeness (QED) is 0.413. The molecule has 0 bridgehead atoms. The summed E-state index contributed by atoms with van der Waals surface area (Å²) in [5.74, 6) is 1.45. The van der Waals surface area contributed by atoms with Crippen molar-refractivity contribution < 1.29 is 9.15 Å². The SMILES string of the molecule is CN=C(NCc1coc(-c2ccccc2)n1)NC1CCN(CCCOC)CC1. The number of likely N-dealkylation sites (tertiary alicyclic amines) is 1. The second kappa shape index (κ2) is 10.8. The van der Waals surface area contributed by atoms with Crippen molar-refractivity contribution in [2.24, 2.45) is 4.99 Å². The molecule has 7 heteroatoms. The van der Waals surface area contributed by atoms with Gasteiger partial charge in [0.1, 0.15) is 6.26 Å². The molecule has 2 N–H and O–H groups in total. The van der Waals surface area contributed by atoms with E-state index in [9.17, 15) is 0 Å². The van der Waals surface area contributed by atoms with Gasteiger partial charge in [-0.1, -0.05) is 18.2 Å². The van der Waals surface area contributed by atoms with Gasteiger partial charge in [-0.15, -0.1) is 0 Å². The first-order valence-electron chi connectivity index (χ1n) is 9.97. The molecule has 2 heterocycles. The van der Waals surface area contributed by atoms with Crippen molar-refractivity contribution >= 4 is 5.96 Å². The van der Waals surface area contributed by atoms with Gasteiger partial charge in [0.2, 0.25) is 5.89 Å². The van der Waals surface area contributed by atoms with E-state index in [-0.39, 0.29) is 0 Å². The summed E-state index contributed by atoms with van der Waals surface area (Å²) >= 11 is 0. The fourth-order valence-corrected chi connectivity index (χ4v) is 3.40. The molecule has 1 fully saturated rings. The van der Waals surface area contributed by atoms with E-state index in [1.54, 1.807) is 20.4 Å². The Morgan fingerprint density at radius 1 is 1.29 bits per heavy atom. The van der Waals surface area contributed by atoms with E-state index in [1.807, 2.05) is 30.3 Å². The first-order chi connectivity index (χ1) is 13.8. The maximum absolute atomic E-state index is 5.59. The Kier molecular flexibility index (Phi) is 7.87. The van der Waals surface area contributed by atoms with Crippen molar-refractivity contribution in [1.29, 1.82) is 0 Å². The van der Waals surface area contributed by atoms with Crippen LogP contribution in [-0.2, 0) is 11.3 Å². The molecule has 1 aliphatic heterocycles. The lowest BCUT2D eigenvalue weighted by molar-refractivity contribution is 0.155. The van der Waals surface area contributed by atoms with Crippen LogP contribution in [0.3, 0.4) is 0 Å². The van der Waals surface area contributed by atoms with Gasteiger partial charge in [0, 0.05) is 52.0 Å². The van der Waals surface area contributed by atoms with Gasteiger partial charge in [-0.2, -0.15) is 0 Å². The third-order valence-electron chi connectivity index (χ3n) is 4.98. The maximum Gasteiger partial charge on any atom is 0.226 e. The zero-order valence-corrected chi connectivity index (χ0v) is 16.9. The minimum Gasteiger partial charge on any atom is -0.444 e. The fraction of sp³-hybridized carbons (Fsp3) is 0.524. The van der Waals surface area contributed by atoms with Gasteiger partial charge >= 0.3 is 0 Å². The molecule has 0 atom stereocenters. The summed E-state index contributed by atoms with van der Waals surface area (Å²) in [7, 11) is 3.56. The topological polar surface area (TPSA) is 74.9 Å². The molecule has 1 saturated heterocycles. The summed E-state index contributed by atoms with van der Waals surface area (Å²) in [6, 6.07) is 10.4. The van der Waals surface area contributed by atoms with Gasteiger partial charge in [-0.05, 0) is 31.4 Å². The lowest BCUT2D eigenvalue weighted by Crippen LogP contribution is -2.48. The highest BCUT2D eigenvalue weighted by Crippen LogP contribution is 2.17. The van der Waals surface area contributed by atoms with E-state index in [2.05, 4.69) is 25.5 Å². The smallest absolute Gasteiger partial charge is 0.226 e. The third-order valence-corrected chi connectivity index (χ3v) is 4.98. The third kappa shape index (κ3) is 6.07. The molecule has 0 aliphatic carbocycles. The normalized spacial score (nSPS) is 16.3. The number of ether oxygens (including phenoxy) is 1. The molecule has 0 spiro atoms. The number of hydrogen-bond acceptors (Lipinski definition) is 5. The molecule has 2 aromatic rings. The monoisotopic (exact) mass is 385 g/mol. The Hall–Kier alpha value is -2.38. The largest absolute Gasteiger partial charge is 0.444 e. The van der Waals surface area contributed by atoms with Crippen LogP contribution in [0.4, 0.5) is 0 Å². The van der Waals surface area contributed by atoms with E-state index in [0.717, 1.165) is 62.7 Å². The fourth-order valence-electron chi connectivity index (χ4n) is 3.40. The molecule has 0 saturated carbocycles. The van der Waals surface area contributed by atoms with Crippen LogP contribution in [0.25, 0.3) is 11.5 Å². The highest BCUT2D eigenvalue weighted by Gasteiger charge is 2.19. The number of aliphatic imine (C=N–C) groups is 1. The van der Waals surface area contributed by atoms with Crippen LogP contribution < -0.4 is 10.6 Å². The minimum absolute atomic E-state index is 0.446. The standard InChI is InChI=1S/C21H31N5O2/c1-22-21(25-18-9-12-26(13-10-18)11-6-14-27-2)23-15-19-16-28-20(24-19)17-7-4-3-5-8-17/h3-5,7-8,16,18H,6,9-15H2,1-2H3,(H2,22,23,25). The molecule has 0 amide bonds. The number of nitrogens with one attached hydrogen (secondary N) is 2. The number of aromatic nitrogens is 1. The molecular weight excluding hydrogens is 354 g/mol. The lowest BCUT2D eigenvalue weighted by atomic mass is 10.1. The average molecular weight is 386 g/mol. The van der Waals surface area contributed by atoms with Gasteiger partial charge in [0.05, 0.1) is 12.2 Å². The van der Waals surface area contributed by atoms with Gasteiger partial charge in [-0.3, -0.25) is 4.99 Å². The van der Waals surface area contributed by atoms with E-state index < -0.39 is 0 Å². The number of benzene rings is 1. The van der Waals surface area contributed by atoms with Crippen LogP contribution in [-0.4, -0.2) is 62.3 Å². The van der Waals surface area contributed by atoms with Crippen LogP contribution in [0.1, 0.15) is 25.0 Å². The summed E-state index contributed by atoms with van der Waals surface area (Å²) in [5, 5.41) is 6.87. The molecule has 0 radical (unpaired) electrons. The van der Waals surface area contributed by atoms with Crippen LogP contribution in [0.5, 0.6) is 0 Å². The van der Waals surface area contributed by atoms with E-state index in [0.29, 0.717) is 18.5 Å². The van der Waals surface area contributed by atoms with Crippen LogP contribution in [0.15, 0.2) is 46.0 Å². The number of oxazole rings is 1. The summed E-state index contributed by atoms with van der Waals surface area (Å²) < 4.78 is 10.7. The van der Waals surface area contributed by atoms with Crippen molar-refractivity contribution in [3.05, 3.63) is 42.3 Å². The minimum atomic E-state index is 0.446. The van der Waals surface area contributed by atoms with Crippen molar-refractivity contribution in [2.45, 2.75) is 31.8 Å². The molecule has 1 aromatic carbocycles. The predicted octanol–water partition coefficient (Wildman–Crippen LogP) is 2.51. The molecule has 0 unspecified atom stereocenters. The lowest BCUT2D eigenvalue weighted by Gasteiger charge is -2.33. The highest BCUT2D eigenvalue weighted by molar-refractivity contribution is 5.79. The first kappa shape index (κ1) is 20.4. The second-order valence-corrected chi connectivity index (χ2v) is 7.04. The summed E-state index contributed by atoms with van der Waals surface area (Å²) in [6.45, 7) is 4.75. The van der Waals surface area contributed by atoms with E-state index in [1.165, 1.54) is 0 Å². The van der Waals surface area contributed by atoms with Gasteiger partial charge in [0.25, 0.3) is 0 Å². The first-order valence-corrected chi connectivity index (χ1v) is 9.97. The number of piperidine rings is 1. The summed E-state index contributed by atoms with van der Waals surface area (Å²) in [4.78, 5) is 11.4. The molecule has 3 rings (SSSR count). The van der Waals surface area contributed by atoms with E-state index >= 15 is 0 Å². The molecule has 7 nitrogen and oxygen atoms in total. The highest BCUT2D eigenvalue weighted by atomic mass is 16.5. The molecule has 152 valence electrons. The Labute approximate surface area is 167 Å². The number of rotatable bonds is 8. The van der Waals surface area contributed by atoms with Crippen LogP contribution >= 0.6 is 0 Å². The maximum atomic E-state index is 5.59.